The Morgan fingerprint density at radius 2 is 1.95 bits per heavy atom. The van der Waals surface area contributed by atoms with Crippen LogP contribution in [0.25, 0.3) is 0 Å². The van der Waals surface area contributed by atoms with Crippen LogP contribution in [0.1, 0.15) is 31.0 Å². The number of unbranched alkanes of at least 4 members (excludes halogenated alkanes) is 1. The van der Waals surface area contributed by atoms with Crippen molar-refractivity contribution >= 4 is 17.2 Å². The molecule has 2 rings (SSSR count). The molecule has 3 N–H and O–H groups in total. The molecule has 20 heavy (non-hydrogen) atoms. The third kappa shape index (κ3) is 3.48. The van der Waals surface area contributed by atoms with E-state index in [0.29, 0.717) is 11.5 Å². The maximum atomic E-state index is 8.91. The van der Waals surface area contributed by atoms with Crippen LogP contribution in [-0.2, 0) is 6.42 Å². The minimum atomic E-state index is 0.245. The van der Waals surface area contributed by atoms with Crippen molar-refractivity contribution in [3.05, 3.63) is 47.7 Å². The second-order valence-corrected chi connectivity index (χ2v) is 4.67. The highest BCUT2D eigenvalue weighted by atomic mass is 15.0. The van der Waals surface area contributed by atoms with Crippen molar-refractivity contribution in [2.45, 2.75) is 26.2 Å². The number of nitrogens with two attached hydrogens (primary N) is 1. The van der Waals surface area contributed by atoms with E-state index in [1.54, 1.807) is 12.1 Å². The summed E-state index contributed by atoms with van der Waals surface area (Å²) in [6.45, 7) is 2.19. The third-order valence-corrected chi connectivity index (χ3v) is 3.08. The Bertz CT molecular complexity index is 611. The van der Waals surface area contributed by atoms with E-state index in [1.807, 2.05) is 18.2 Å². The molecule has 102 valence electrons. The van der Waals surface area contributed by atoms with Gasteiger partial charge in [0.05, 0.1) is 5.69 Å². The van der Waals surface area contributed by atoms with E-state index in [9.17, 15) is 0 Å². The molecule has 0 spiro atoms. The van der Waals surface area contributed by atoms with Gasteiger partial charge in [0.25, 0.3) is 0 Å². The van der Waals surface area contributed by atoms with Gasteiger partial charge in [-0.25, -0.2) is 4.98 Å². The number of anilines is 3. The summed E-state index contributed by atoms with van der Waals surface area (Å²) >= 11 is 0. The lowest BCUT2D eigenvalue weighted by Gasteiger charge is -2.07. The van der Waals surface area contributed by atoms with Crippen LogP contribution in [0.15, 0.2) is 36.4 Å². The molecular formula is C16H18N4. The van der Waals surface area contributed by atoms with Crippen molar-refractivity contribution in [3.63, 3.8) is 0 Å². The highest BCUT2D eigenvalue weighted by Gasteiger charge is 2.02. The van der Waals surface area contributed by atoms with Crippen LogP contribution < -0.4 is 11.1 Å². The molecule has 0 radical (unpaired) electrons. The minimum absolute atomic E-state index is 0.245. The molecule has 0 aliphatic heterocycles. The van der Waals surface area contributed by atoms with Gasteiger partial charge in [-0.1, -0.05) is 25.5 Å². The van der Waals surface area contributed by atoms with Crippen LogP contribution in [0.3, 0.4) is 0 Å². The van der Waals surface area contributed by atoms with E-state index in [4.69, 9.17) is 11.0 Å². The van der Waals surface area contributed by atoms with Gasteiger partial charge in [0.2, 0.25) is 0 Å². The zero-order valence-corrected chi connectivity index (χ0v) is 11.6. The number of nitrogens with zero attached hydrogens (tertiary/aromatic N) is 2. The van der Waals surface area contributed by atoms with Gasteiger partial charge in [0, 0.05) is 5.69 Å². The predicted molar refractivity (Wildman–Crippen MR) is 81.7 cm³/mol. The van der Waals surface area contributed by atoms with Gasteiger partial charge in [0.1, 0.15) is 11.9 Å². The summed E-state index contributed by atoms with van der Waals surface area (Å²) < 4.78 is 0. The summed E-state index contributed by atoms with van der Waals surface area (Å²) in [5, 5.41) is 12.1. The molecule has 0 fully saturated rings. The topological polar surface area (TPSA) is 74.7 Å². The standard InChI is InChI=1S/C16H18N4/c1-2-3-4-12-5-7-13(8-6-12)19-16-10-9-14(18)15(11-17)20-16/h5-10H,2-4,18H2,1H3,(H,19,20). The van der Waals surface area contributed by atoms with E-state index in [-0.39, 0.29) is 5.69 Å². The first kappa shape index (κ1) is 13.9. The van der Waals surface area contributed by atoms with Gasteiger partial charge < -0.3 is 11.1 Å². The number of benzene rings is 1. The number of rotatable bonds is 5. The average molecular weight is 266 g/mol. The average Bonchev–Trinajstić information content (AvgIpc) is 2.48. The molecule has 0 unspecified atom stereocenters. The van der Waals surface area contributed by atoms with Crippen LogP contribution >= 0.6 is 0 Å². The number of hydrogen-bond acceptors (Lipinski definition) is 4. The predicted octanol–water partition coefficient (Wildman–Crippen LogP) is 3.62. The van der Waals surface area contributed by atoms with Crippen molar-refractivity contribution in [2.24, 2.45) is 0 Å². The number of aryl methyl sites for hydroxylation is 1. The third-order valence-electron chi connectivity index (χ3n) is 3.08. The minimum Gasteiger partial charge on any atom is -0.396 e. The number of nitriles is 1. The normalized spacial score (nSPS) is 10.0. The number of pyridine rings is 1. The molecule has 4 heteroatoms. The monoisotopic (exact) mass is 266 g/mol. The first-order valence-corrected chi connectivity index (χ1v) is 6.75. The second-order valence-electron chi connectivity index (χ2n) is 4.67. The zero-order chi connectivity index (χ0) is 14.4. The summed E-state index contributed by atoms with van der Waals surface area (Å²) in [6.07, 6.45) is 3.51. The largest absolute Gasteiger partial charge is 0.396 e. The Balaban J connectivity index is 2.08. The van der Waals surface area contributed by atoms with Crippen molar-refractivity contribution in [2.75, 3.05) is 11.1 Å². The maximum Gasteiger partial charge on any atom is 0.165 e. The van der Waals surface area contributed by atoms with Crippen molar-refractivity contribution in [1.82, 2.24) is 4.98 Å². The molecule has 0 saturated heterocycles. The van der Waals surface area contributed by atoms with Crippen LogP contribution in [0, 0.1) is 11.3 Å². The molecule has 1 aromatic heterocycles. The molecule has 2 aromatic rings. The van der Waals surface area contributed by atoms with Crippen molar-refractivity contribution in [1.29, 1.82) is 5.26 Å². The van der Waals surface area contributed by atoms with E-state index >= 15 is 0 Å². The molecule has 0 saturated carbocycles. The number of nitrogens with one attached hydrogen (secondary N) is 1. The number of hydrogen-bond donors (Lipinski definition) is 2. The quantitative estimate of drug-likeness (QED) is 0.866. The lowest BCUT2D eigenvalue weighted by molar-refractivity contribution is 0.795. The second kappa shape index (κ2) is 6.58. The number of aromatic nitrogens is 1. The van der Waals surface area contributed by atoms with E-state index in [0.717, 1.165) is 12.1 Å². The lowest BCUT2D eigenvalue weighted by atomic mass is 10.1. The fourth-order valence-electron chi connectivity index (χ4n) is 1.91. The maximum absolute atomic E-state index is 8.91. The molecule has 0 aliphatic rings. The van der Waals surface area contributed by atoms with E-state index < -0.39 is 0 Å². The van der Waals surface area contributed by atoms with Gasteiger partial charge in [-0.2, -0.15) is 5.26 Å². The summed E-state index contributed by atoms with van der Waals surface area (Å²) in [5.74, 6) is 0.622. The first-order chi connectivity index (χ1) is 9.72. The van der Waals surface area contributed by atoms with Gasteiger partial charge in [-0.05, 0) is 42.7 Å². The van der Waals surface area contributed by atoms with Gasteiger partial charge in [-0.3, -0.25) is 0 Å². The van der Waals surface area contributed by atoms with Gasteiger partial charge in [0.15, 0.2) is 5.69 Å². The SMILES string of the molecule is CCCCc1ccc(Nc2ccc(N)c(C#N)n2)cc1. The van der Waals surface area contributed by atoms with Crippen LogP contribution in [0.4, 0.5) is 17.2 Å². The van der Waals surface area contributed by atoms with Gasteiger partial charge in [-0.15, -0.1) is 0 Å². The Morgan fingerprint density at radius 3 is 2.60 bits per heavy atom. The molecule has 4 nitrogen and oxygen atoms in total. The summed E-state index contributed by atoms with van der Waals surface area (Å²) in [6, 6.07) is 13.7. The molecular weight excluding hydrogens is 248 g/mol. The van der Waals surface area contributed by atoms with Gasteiger partial charge >= 0.3 is 0 Å². The molecule has 1 aromatic carbocycles. The number of nitrogen functional groups attached to an aromatic ring is 1. The highest BCUT2D eigenvalue weighted by molar-refractivity contribution is 5.61. The van der Waals surface area contributed by atoms with E-state index in [2.05, 4.69) is 29.4 Å². The van der Waals surface area contributed by atoms with Crippen molar-refractivity contribution in [3.8, 4) is 6.07 Å². The van der Waals surface area contributed by atoms with Crippen LogP contribution in [-0.4, -0.2) is 4.98 Å². The van der Waals surface area contributed by atoms with Crippen molar-refractivity contribution < 1.29 is 0 Å². The Labute approximate surface area is 119 Å². The van der Waals surface area contributed by atoms with Crippen LogP contribution in [0.2, 0.25) is 0 Å². The summed E-state index contributed by atoms with van der Waals surface area (Å²) in [7, 11) is 0. The lowest BCUT2D eigenvalue weighted by Crippen LogP contribution is -1.99. The Morgan fingerprint density at radius 1 is 1.20 bits per heavy atom. The summed E-state index contributed by atoms with van der Waals surface area (Å²) in [5.41, 5.74) is 8.57. The fraction of sp³-hybridized carbons (Fsp3) is 0.250. The zero-order valence-electron chi connectivity index (χ0n) is 11.6. The Hall–Kier alpha value is -2.54. The molecule has 1 heterocycles. The highest BCUT2D eigenvalue weighted by Crippen LogP contribution is 2.18. The van der Waals surface area contributed by atoms with E-state index in [1.165, 1.54) is 18.4 Å². The van der Waals surface area contributed by atoms with Crippen LogP contribution in [0.5, 0.6) is 0 Å². The Kier molecular flexibility index (Phi) is 4.56. The summed E-state index contributed by atoms with van der Waals surface area (Å²) in [4.78, 5) is 4.16. The fourth-order valence-corrected chi connectivity index (χ4v) is 1.91. The molecule has 0 bridgehead atoms. The molecule has 0 atom stereocenters. The molecule has 0 aliphatic carbocycles. The smallest absolute Gasteiger partial charge is 0.165 e. The molecule has 0 amide bonds. The first-order valence-electron chi connectivity index (χ1n) is 6.75.